The Morgan fingerprint density at radius 3 is 2.20 bits per heavy atom. The minimum absolute atomic E-state index is 0.231. The summed E-state index contributed by atoms with van der Waals surface area (Å²) in [5.74, 6) is -2.57. The molecule has 0 radical (unpaired) electrons. The molecule has 1 aliphatic heterocycles. The third kappa shape index (κ3) is 4.47. The van der Waals surface area contributed by atoms with Gasteiger partial charge in [-0.3, -0.25) is 24.1 Å². The van der Waals surface area contributed by atoms with Crippen LogP contribution >= 0.6 is 23.2 Å². The van der Waals surface area contributed by atoms with Gasteiger partial charge in [0.05, 0.1) is 17.2 Å². The molecule has 2 atom stereocenters. The van der Waals surface area contributed by atoms with Crippen LogP contribution < -0.4 is 5.32 Å². The minimum atomic E-state index is -1.14. The van der Waals surface area contributed by atoms with E-state index in [9.17, 15) is 19.2 Å². The molecule has 9 heteroatoms. The van der Waals surface area contributed by atoms with Gasteiger partial charge in [-0.15, -0.1) is 0 Å². The predicted octanol–water partition coefficient (Wildman–Crippen LogP) is 3.40. The van der Waals surface area contributed by atoms with E-state index in [0.29, 0.717) is 15.6 Å². The van der Waals surface area contributed by atoms with E-state index in [2.05, 4.69) is 5.32 Å². The van der Waals surface area contributed by atoms with E-state index in [1.165, 1.54) is 19.1 Å². The van der Waals surface area contributed by atoms with E-state index < -0.39 is 42.4 Å². The van der Waals surface area contributed by atoms with Crippen LogP contribution in [-0.4, -0.2) is 41.2 Å². The second-order valence-corrected chi connectivity index (χ2v) is 7.61. The van der Waals surface area contributed by atoms with Gasteiger partial charge in [0.2, 0.25) is 0 Å². The number of hydrogen-bond acceptors (Lipinski definition) is 5. The summed E-state index contributed by atoms with van der Waals surface area (Å²) in [5, 5.41) is 3.56. The lowest BCUT2D eigenvalue weighted by Crippen LogP contribution is -2.41. The van der Waals surface area contributed by atoms with Crippen LogP contribution in [0.1, 0.15) is 46.2 Å². The molecule has 156 valence electrons. The summed E-state index contributed by atoms with van der Waals surface area (Å²) >= 11 is 12.0. The van der Waals surface area contributed by atoms with Crippen LogP contribution in [-0.2, 0) is 14.3 Å². The Bertz CT molecular complexity index is 1000. The summed E-state index contributed by atoms with van der Waals surface area (Å²) < 4.78 is 5.10. The van der Waals surface area contributed by atoms with Gasteiger partial charge in [-0.25, -0.2) is 0 Å². The first kappa shape index (κ1) is 21.8. The van der Waals surface area contributed by atoms with Gasteiger partial charge in [0.1, 0.15) is 6.54 Å². The number of carbonyl (C=O) groups excluding carboxylic acids is 4. The zero-order valence-corrected chi connectivity index (χ0v) is 17.7. The lowest BCUT2D eigenvalue weighted by Gasteiger charge is -2.20. The van der Waals surface area contributed by atoms with Crippen LogP contribution in [0.4, 0.5) is 0 Å². The van der Waals surface area contributed by atoms with Crippen LogP contribution in [0.25, 0.3) is 0 Å². The number of benzene rings is 2. The number of nitrogens with zero attached hydrogens (tertiary/aromatic N) is 1. The summed E-state index contributed by atoms with van der Waals surface area (Å²) in [7, 11) is 0. The van der Waals surface area contributed by atoms with Crippen molar-refractivity contribution in [1.29, 1.82) is 0 Å². The fourth-order valence-electron chi connectivity index (χ4n) is 3.06. The van der Waals surface area contributed by atoms with Gasteiger partial charge in [0.25, 0.3) is 17.7 Å². The van der Waals surface area contributed by atoms with Crippen molar-refractivity contribution < 1.29 is 23.9 Å². The van der Waals surface area contributed by atoms with Gasteiger partial charge in [0, 0.05) is 10.0 Å². The van der Waals surface area contributed by atoms with Gasteiger partial charge in [-0.2, -0.15) is 0 Å². The van der Waals surface area contributed by atoms with E-state index in [-0.39, 0.29) is 11.1 Å². The van der Waals surface area contributed by atoms with Gasteiger partial charge in [-0.05, 0) is 43.7 Å². The summed E-state index contributed by atoms with van der Waals surface area (Å²) in [6, 6.07) is 10.7. The summed E-state index contributed by atoms with van der Waals surface area (Å²) in [5.41, 5.74) is 1.11. The molecule has 30 heavy (non-hydrogen) atoms. The monoisotopic (exact) mass is 448 g/mol. The number of carbonyl (C=O) groups is 4. The van der Waals surface area contributed by atoms with Gasteiger partial charge < -0.3 is 10.1 Å². The highest BCUT2D eigenvalue weighted by molar-refractivity contribution is 6.35. The van der Waals surface area contributed by atoms with Gasteiger partial charge in [0.15, 0.2) is 6.10 Å². The molecule has 0 saturated carbocycles. The highest BCUT2D eigenvalue weighted by atomic mass is 35.5. The number of nitrogens with one attached hydrogen (secondary N) is 1. The van der Waals surface area contributed by atoms with E-state index in [0.717, 1.165) is 4.90 Å². The largest absolute Gasteiger partial charge is 0.451 e. The number of halogens is 2. The smallest absolute Gasteiger partial charge is 0.326 e. The molecule has 0 aliphatic carbocycles. The third-order valence-corrected chi connectivity index (χ3v) is 5.19. The lowest BCUT2D eigenvalue weighted by atomic mass is 10.1. The molecule has 0 bridgehead atoms. The Morgan fingerprint density at radius 2 is 1.63 bits per heavy atom. The molecule has 1 heterocycles. The molecule has 0 aromatic heterocycles. The van der Waals surface area contributed by atoms with Crippen molar-refractivity contribution in [1.82, 2.24) is 10.2 Å². The Hall–Kier alpha value is -2.90. The maximum atomic E-state index is 12.4. The fourth-order valence-corrected chi connectivity index (χ4v) is 3.63. The van der Waals surface area contributed by atoms with Crippen molar-refractivity contribution in [3.8, 4) is 0 Å². The molecule has 0 saturated heterocycles. The second-order valence-electron chi connectivity index (χ2n) is 6.77. The maximum Gasteiger partial charge on any atom is 0.326 e. The number of ether oxygens (including phenoxy) is 1. The second kappa shape index (κ2) is 8.85. The van der Waals surface area contributed by atoms with E-state index in [4.69, 9.17) is 27.9 Å². The first-order valence-electron chi connectivity index (χ1n) is 9.09. The van der Waals surface area contributed by atoms with Crippen molar-refractivity contribution in [2.24, 2.45) is 0 Å². The van der Waals surface area contributed by atoms with Crippen LogP contribution in [0.2, 0.25) is 10.0 Å². The average molecular weight is 449 g/mol. The highest BCUT2D eigenvalue weighted by Gasteiger charge is 2.37. The summed E-state index contributed by atoms with van der Waals surface area (Å²) in [6.07, 6.45) is -1.14. The molecular weight excluding hydrogens is 431 g/mol. The third-order valence-electron chi connectivity index (χ3n) is 4.63. The molecule has 1 N–H and O–H groups in total. The van der Waals surface area contributed by atoms with Crippen molar-refractivity contribution in [2.75, 3.05) is 6.54 Å². The molecular formula is C21H18Cl2N2O5. The fraction of sp³-hybridized carbons (Fsp3) is 0.238. The molecule has 3 rings (SSSR count). The van der Waals surface area contributed by atoms with Crippen LogP contribution in [0.5, 0.6) is 0 Å². The lowest BCUT2D eigenvalue weighted by molar-refractivity contribution is -0.155. The van der Waals surface area contributed by atoms with Crippen LogP contribution in [0, 0.1) is 0 Å². The molecule has 0 unspecified atom stereocenters. The summed E-state index contributed by atoms with van der Waals surface area (Å²) in [4.78, 5) is 50.0. The number of amides is 3. The number of rotatable bonds is 6. The first-order valence-corrected chi connectivity index (χ1v) is 9.84. The quantitative estimate of drug-likeness (QED) is 0.539. The van der Waals surface area contributed by atoms with Crippen LogP contribution in [0.3, 0.4) is 0 Å². The average Bonchev–Trinajstić information content (AvgIpc) is 2.93. The molecule has 7 nitrogen and oxygen atoms in total. The zero-order valence-electron chi connectivity index (χ0n) is 16.1. The van der Waals surface area contributed by atoms with Gasteiger partial charge in [-0.1, -0.05) is 41.4 Å². The predicted molar refractivity (Wildman–Crippen MR) is 110 cm³/mol. The van der Waals surface area contributed by atoms with Crippen molar-refractivity contribution >= 4 is 46.9 Å². The van der Waals surface area contributed by atoms with E-state index in [1.54, 1.807) is 37.3 Å². The van der Waals surface area contributed by atoms with Crippen molar-refractivity contribution in [3.63, 3.8) is 0 Å². The Labute approximate surface area is 182 Å². The Balaban J connectivity index is 1.57. The molecule has 0 spiro atoms. The van der Waals surface area contributed by atoms with Crippen molar-refractivity contribution in [3.05, 3.63) is 69.2 Å². The topological polar surface area (TPSA) is 92.8 Å². The minimum Gasteiger partial charge on any atom is -0.451 e. The standard InChI is InChI=1S/C21H18Cl2N2O5/c1-11(14-8-7-13(22)9-17(14)23)24-19(27)12(2)30-18(26)10-25-20(28)15-5-3-4-6-16(15)21(25)29/h3-9,11-12H,10H2,1-2H3,(H,24,27)/t11-,12+/m0/s1. The molecule has 2 aromatic carbocycles. The zero-order chi connectivity index (χ0) is 22.0. The van der Waals surface area contributed by atoms with E-state index in [1.807, 2.05) is 0 Å². The Morgan fingerprint density at radius 1 is 1.03 bits per heavy atom. The summed E-state index contributed by atoms with van der Waals surface area (Å²) in [6.45, 7) is 2.54. The number of esters is 1. The number of fused-ring (bicyclic) bond motifs is 1. The number of imide groups is 1. The van der Waals surface area contributed by atoms with Crippen LogP contribution in [0.15, 0.2) is 42.5 Å². The molecule has 0 fully saturated rings. The normalized spacial score (nSPS) is 14.9. The molecule has 3 amide bonds. The Kier molecular flexibility index (Phi) is 6.43. The highest BCUT2D eigenvalue weighted by Crippen LogP contribution is 2.26. The van der Waals surface area contributed by atoms with E-state index >= 15 is 0 Å². The van der Waals surface area contributed by atoms with Crippen molar-refractivity contribution in [2.45, 2.75) is 26.0 Å². The van der Waals surface area contributed by atoms with Gasteiger partial charge >= 0.3 is 5.97 Å². The SMILES string of the molecule is C[C@H](NC(=O)[C@@H](C)OC(=O)CN1C(=O)c2ccccc2C1=O)c1ccc(Cl)cc1Cl. The number of hydrogen-bond donors (Lipinski definition) is 1. The maximum absolute atomic E-state index is 12.4. The molecule has 1 aliphatic rings. The molecule has 2 aromatic rings. The first-order chi connectivity index (χ1) is 14.2.